The molecule has 0 fully saturated rings. The molecule has 190 valence electrons. The highest BCUT2D eigenvalue weighted by Crippen LogP contribution is 2.12. The van der Waals surface area contributed by atoms with Crippen molar-refractivity contribution in [2.75, 3.05) is 18.9 Å². The Morgan fingerprint density at radius 1 is 0.912 bits per heavy atom. The highest BCUT2D eigenvalue weighted by Gasteiger charge is 2.29. The summed E-state index contributed by atoms with van der Waals surface area (Å²) in [6.07, 6.45) is 1.68. The molecular weight excluding hydrogens is 466 g/mol. The first-order chi connectivity index (χ1) is 16.1. The predicted octanol–water partition coefficient (Wildman–Crippen LogP) is -2.15. The Hall–Kier alpha value is -2.87. The SMILES string of the molecule is NCCCCC(N)C(=O)NC(Cc1ccc(O)cc1)C(=O)NC(CO)C(=O)NC(CS)C(=O)O. The average molecular weight is 500 g/mol. The van der Waals surface area contributed by atoms with Crippen LogP contribution in [0, 0.1) is 0 Å². The second kappa shape index (κ2) is 15.1. The average Bonchev–Trinajstić information content (AvgIpc) is 2.81. The first-order valence-corrected chi connectivity index (χ1v) is 11.3. The quantitative estimate of drug-likeness (QED) is 0.0948. The lowest BCUT2D eigenvalue weighted by molar-refractivity contribution is -0.142. The van der Waals surface area contributed by atoms with Gasteiger partial charge >= 0.3 is 5.97 Å². The molecule has 0 bridgehead atoms. The summed E-state index contributed by atoms with van der Waals surface area (Å²) in [5.41, 5.74) is 12.0. The van der Waals surface area contributed by atoms with Gasteiger partial charge in [-0.3, -0.25) is 14.4 Å². The molecule has 0 aromatic heterocycles. The van der Waals surface area contributed by atoms with Crippen molar-refractivity contribution >= 4 is 36.3 Å². The van der Waals surface area contributed by atoms with E-state index in [9.17, 15) is 29.4 Å². The van der Waals surface area contributed by atoms with Crippen LogP contribution >= 0.6 is 12.6 Å². The molecule has 3 amide bonds. The van der Waals surface area contributed by atoms with Crippen LogP contribution in [-0.4, -0.2) is 82.1 Å². The van der Waals surface area contributed by atoms with E-state index in [0.29, 0.717) is 31.4 Å². The maximum absolute atomic E-state index is 12.9. The van der Waals surface area contributed by atoms with E-state index < -0.39 is 54.5 Å². The topological polar surface area (TPSA) is 217 Å². The van der Waals surface area contributed by atoms with Crippen LogP contribution in [-0.2, 0) is 25.6 Å². The molecule has 0 aliphatic carbocycles. The number of unbranched alkanes of at least 4 members (excludes halogenated alkanes) is 1. The summed E-state index contributed by atoms with van der Waals surface area (Å²) in [6, 6.07) is 1.11. The minimum atomic E-state index is -1.47. The molecule has 4 unspecified atom stereocenters. The number of carbonyl (C=O) groups excluding carboxylic acids is 3. The van der Waals surface area contributed by atoms with Gasteiger partial charge in [0, 0.05) is 12.2 Å². The van der Waals surface area contributed by atoms with Gasteiger partial charge in [0.05, 0.1) is 12.6 Å². The van der Waals surface area contributed by atoms with Crippen LogP contribution in [0.5, 0.6) is 5.75 Å². The molecule has 10 N–H and O–H groups in total. The third-order valence-electron chi connectivity index (χ3n) is 4.93. The van der Waals surface area contributed by atoms with E-state index in [4.69, 9.17) is 16.6 Å². The number of benzene rings is 1. The number of nitrogens with one attached hydrogen (secondary N) is 3. The van der Waals surface area contributed by atoms with E-state index in [-0.39, 0.29) is 17.9 Å². The standard InChI is InChI=1S/C21H33N5O7S/c22-8-2-1-3-14(23)18(29)24-15(9-12-4-6-13(28)7-5-12)19(30)25-16(10-27)20(31)26-17(11-34)21(32)33/h4-7,14-17,27-28,34H,1-3,8-11,22-23H2,(H,24,29)(H,25,30)(H,26,31)(H,32,33). The molecule has 1 aromatic rings. The third-order valence-corrected chi connectivity index (χ3v) is 5.29. The number of phenolic OH excluding ortho intramolecular Hbond substituents is 1. The lowest BCUT2D eigenvalue weighted by Crippen LogP contribution is -2.58. The van der Waals surface area contributed by atoms with E-state index in [1.165, 1.54) is 12.1 Å². The summed E-state index contributed by atoms with van der Waals surface area (Å²) in [6.45, 7) is -0.351. The number of hydrogen-bond donors (Lipinski definition) is 9. The minimum Gasteiger partial charge on any atom is -0.508 e. The monoisotopic (exact) mass is 499 g/mol. The van der Waals surface area contributed by atoms with Gasteiger partial charge in [0.2, 0.25) is 17.7 Å². The van der Waals surface area contributed by atoms with Crippen molar-refractivity contribution in [2.24, 2.45) is 11.5 Å². The molecule has 0 radical (unpaired) electrons. The molecule has 12 nitrogen and oxygen atoms in total. The summed E-state index contributed by atoms with van der Waals surface area (Å²) in [7, 11) is 0. The number of rotatable bonds is 15. The predicted molar refractivity (Wildman–Crippen MR) is 127 cm³/mol. The zero-order valence-corrected chi connectivity index (χ0v) is 19.5. The smallest absolute Gasteiger partial charge is 0.327 e. The van der Waals surface area contributed by atoms with Gasteiger partial charge in [-0.15, -0.1) is 0 Å². The first-order valence-electron chi connectivity index (χ1n) is 10.7. The Labute approximate surface area is 202 Å². The van der Waals surface area contributed by atoms with Crippen molar-refractivity contribution < 1.29 is 34.5 Å². The zero-order chi connectivity index (χ0) is 25.7. The van der Waals surface area contributed by atoms with Gasteiger partial charge in [-0.25, -0.2) is 4.79 Å². The molecule has 13 heteroatoms. The molecule has 0 heterocycles. The summed E-state index contributed by atoms with van der Waals surface area (Å²) in [5, 5.41) is 35.2. The Balaban J connectivity index is 2.96. The largest absolute Gasteiger partial charge is 0.508 e. The van der Waals surface area contributed by atoms with Crippen LogP contribution in [0.1, 0.15) is 24.8 Å². The molecular formula is C21H33N5O7S. The highest BCUT2D eigenvalue weighted by atomic mass is 32.1. The normalized spacial score (nSPS) is 14.4. The van der Waals surface area contributed by atoms with Gasteiger partial charge in [0.15, 0.2) is 0 Å². The summed E-state index contributed by atoms with van der Waals surface area (Å²) in [4.78, 5) is 49.0. The van der Waals surface area contributed by atoms with Crippen LogP contribution in [0.4, 0.5) is 0 Å². The van der Waals surface area contributed by atoms with Gasteiger partial charge in [0.25, 0.3) is 0 Å². The number of nitrogens with two attached hydrogens (primary N) is 2. The second-order valence-corrected chi connectivity index (χ2v) is 8.01. The fourth-order valence-electron chi connectivity index (χ4n) is 2.92. The Morgan fingerprint density at radius 2 is 1.47 bits per heavy atom. The van der Waals surface area contributed by atoms with Crippen LogP contribution in [0.25, 0.3) is 0 Å². The fraction of sp³-hybridized carbons (Fsp3) is 0.524. The number of thiol groups is 1. The van der Waals surface area contributed by atoms with Crippen LogP contribution in [0.2, 0.25) is 0 Å². The Kier molecular flexibility index (Phi) is 13.0. The highest BCUT2D eigenvalue weighted by molar-refractivity contribution is 7.80. The van der Waals surface area contributed by atoms with Crippen LogP contribution in [0.3, 0.4) is 0 Å². The van der Waals surface area contributed by atoms with Crippen molar-refractivity contribution in [1.29, 1.82) is 0 Å². The van der Waals surface area contributed by atoms with Crippen molar-refractivity contribution in [3.05, 3.63) is 29.8 Å². The first kappa shape index (κ1) is 29.2. The van der Waals surface area contributed by atoms with Crippen molar-refractivity contribution in [3.63, 3.8) is 0 Å². The number of aromatic hydroxyl groups is 1. The molecule has 0 aliphatic heterocycles. The molecule has 0 saturated heterocycles. The number of amides is 3. The lowest BCUT2D eigenvalue weighted by atomic mass is 10.0. The summed E-state index contributed by atoms with van der Waals surface area (Å²) < 4.78 is 0. The number of carboxylic acids is 1. The Bertz CT molecular complexity index is 824. The molecule has 0 saturated carbocycles. The number of phenols is 1. The number of carbonyl (C=O) groups is 4. The van der Waals surface area contributed by atoms with Crippen molar-refractivity contribution in [3.8, 4) is 5.75 Å². The van der Waals surface area contributed by atoms with Gasteiger partial charge in [-0.1, -0.05) is 18.6 Å². The van der Waals surface area contributed by atoms with E-state index in [2.05, 4.69) is 28.6 Å². The van der Waals surface area contributed by atoms with Gasteiger partial charge in [-0.05, 0) is 37.1 Å². The maximum Gasteiger partial charge on any atom is 0.327 e. The van der Waals surface area contributed by atoms with E-state index in [0.717, 1.165) is 0 Å². The summed E-state index contributed by atoms with van der Waals surface area (Å²) in [5.74, 6) is -3.80. The van der Waals surface area contributed by atoms with Gasteiger partial charge < -0.3 is 42.7 Å². The summed E-state index contributed by atoms with van der Waals surface area (Å²) >= 11 is 3.85. The van der Waals surface area contributed by atoms with Crippen LogP contribution in [0.15, 0.2) is 24.3 Å². The molecule has 1 rings (SSSR count). The van der Waals surface area contributed by atoms with Crippen LogP contribution < -0.4 is 27.4 Å². The molecule has 1 aromatic carbocycles. The van der Waals surface area contributed by atoms with Gasteiger partial charge in [0.1, 0.15) is 23.9 Å². The zero-order valence-electron chi connectivity index (χ0n) is 18.6. The molecule has 0 spiro atoms. The van der Waals surface area contributed by atoms with E-state index >= 15 is 0 Å². The third kappa shape index (κ3) is 9.95. The lowest BCUT2D eigenvalue weighted by Gasteiger charge is -2.24. The minimum absolute atomic E-state index is 0.00152. The maximum atomic E-state index is 12.9. The molecule has 34 heavy (non-hydrogen) atoms. The Morgan fingerprint density at radius 3 is 2.00 bits per heavy atom. The molecule has 0 aliphatic rings. The number of carboxylic acid groups (broad SMARTS) is 1. The second-order valence-electron chi connectivity index (χ2n) is 7.65. The number of aliphatic hydroxyl groups is 1. The van der Waals surface area contributed by atoms with E-state index in [1.54, 1.807) is 12.1 Å². The number of aliphatic hydroxyl groups excluding tert-OH is 1. The van der Waals surface area contributed by atoms with Crippen molar-refractivity contribution in [2.45, 2.75) is 49.9 Å². The number of hydrogen-bond acceptors (Lipinski definition) is 9. The fourth-order valence-corrected chi connectivity index (χ4v) is 3.17. The van der Waals surface area contributed by atoms with E-state index in [1.807, 2.05) is 0 Å². The van der Waals surface area contributed by atoms with Gasteiger partial charge in [-0.2, -0.15) is 12.6 Å². The number of aliphatic carboxylic acids is 1. The molecule has 4 atom stereocenters. The van der Waals surface area contributed by atoms with Crippen molar-refractivity contribution in [1.82, 2.24) is 16.0 Å².